The molecule has 13 heavy (non-hydrogen) atoms. The Labute approximate surface area is 89.7 Å². The van der Waals surface area contributed by atoms with Gasteiger partial charge in [0.2, 0.25) is 0 Å². The maximum Gasteiger partial charge on any atom is 0.0356 e. The Balaban J connectivity index is 2.55. The second-order valence-electron chi connectivity index (χ2n) is 2.94. The molecule has 3 heteroatoms. The lowest BCUT2D eigenvalue weighted by molar-refractivity contribution is 0.981. The largest absolute Gasteiger partial charge is 0.330 e. The SMILES string of the molecule is NCCc1csc2cc(Br)ccc12. The molecule has 1 aromatic carbocycles. The van der Waals surface area contributed by atoms with Crippen molar-refractivity contribution >= 4 is 37.4 Å². The van der Waals surface area contributed by atoms with Crippen LogP contribution in [0.2, 0.25) is 0 Å². The standard InChI is InChI=1S/C10H10BrNS/c11-8-1-2-9-7(3-4-12)6-13-10(9)5-8/h1-2,5-6H,3-4,12H2. The van der Waals surface area contributed by atoms with Crippen LogP contribution < -0.4 is 5.73 Å². The summed E-state index contributed by atoms with van der Waals surface area (Å²) in [6.07, 6.45) is 0.974. The number of benzene rings is 1. The van der Waals surface area contributed by atoms with E-state index in [2.05, 4.69) is 39.5 Å². The van der Waals surface area contributed by atoms with Crippen LogP contribution in [0.15, 0.2) is 28.1 Å². The van der Waals surface area contributed by atoms with Crippen LogP contribution in [0.5, 0.6) is 0 Å². The van der Waals surface area contributed by atoms with Crippen molar-refractivity contribution in [2.75, 3.05) is 6.54 Å². The minimum Gasteiger partial charge on any atom is -0.330 e. The van der Waals surface area contributed by atoms with Crippen LogP contribution in [-0.2, 0) is 6.42 Å². The van der Waals surface area contributed by atoms with Gasteiger partial charge in [0.05, 0.1) is 0 Å². The molecule has 0 aliphatic heterocycles. The van der Waals surface area contributed by atoms with Crippen LogP contribution >= 0.6 is 27.3 Å². The lowest BCUT2D eigenvalue weighted by Gasteiger charge is -1.96. The lowest BCUT2D eigenvalue weighted by atomic mass is 10.1. The van der Waals surface area contributed by atoms with Crippen molar-refractivity contribution < 1.29 is 0 Å². The number of thiophene rings is 1. The van der Waals surface area contributed by atoms with Crippen molar-refractivity contribution in [1.29, 1.82) is 0 Å². The Morgan fingerprint density at radius 3 is 3.00 bits per heavy atom. The van der Waals surface area contributed by atoms with Gasteiger partial charge in [0.15, 0.2) is 0 Å². The van der Waals surface area contributed by atoms with Crippen LogP contribution in [0.25, 0.3) is 10.1 Å². The molecule has 1 aromatic heterocycles. The number of rotatable bonds is 2. The monoisotopic (exact) mass is 255 g/mol. The normalized spacial score (nSPS) is 10.9. The number of hydrogen-bond acceptors (Lipinski definition) is 2. The van der Waals surface area contributed by atoms with Gasteiger partial charge in [0.1, 0.15) is 0 Å². The fraction of sp³-hybridized carbons (Fsp3) is 0.200. The van der Waals surface area contributed by atoms with E-state index in [0.29, 0.717) is 0 Å². The van der Waals surface area contributed by atoms with E-state index in [1.165, 1.54) is 15.6 Å². The highest BCUT2D eigenvalue weighted by molar-refractivity contribution is 9.10. The second kappa shape index (κ2) is 3.78. The van der Waals surface area contributed by atoms with Gasteiger partial charge in [-0.05, 0) is 41.4 Å². The number of hydrogen-bond donors (Lipinski definition) is 1. The van der Waals surface area contributed by atoms with Crippen molar-refractivity contribution in [3.05, 3.63) is 33.6 Å². The van der Waals surface area contributed by atoms with E-state index < -0.39 is 0 Å². The zero-order valence-electron chi connectivity index (χ0n) is 7.09. The molecule has 2 N–H and O–H groups in total. The van der Waals surface area contributed by atoms with Gasteiger partial charge in [0.25, 0.3) is 0 Å². The molecule has 0 spiro atoms. The first-order chi connectivity index (χ1) is 6.31. The molecule has 0 saturated carbocycles. The Morgan fingerprint density at radius 2 is 2.23 bits per heavy atom. The van der Waals surface area contributed by atoms with Crippen LogP contribution in [0.3, 0.4) is 0 Å². The van der Waals surface area contributed by atoms with Crippen LogP contribution in [-0.4, -0.2) is 6.54 Å². The van der Waals surface area contributed by atoms with Gasteiger partial charge in [-0.3, -0.25) is 0 Å². The Bertz CT molecular complexity index is 422. The van der Waals surface area contributed by atoms with Crippen molar-refractivity contribution in [1.82, 2.24) is 0 Å². The highest BCUT2D eigenvalue weighted by Crippen LogP contribution is 2.28. The van der Waals surface area contributed by atoms with Crippen molar-refractivity contribution in [2.24, 2.45) is 5.73 Å². The summed E-state index contributed by atoms with van der Waals surface area (Å²) in [6, 6.07) is 6.38. The molecule has 0 radical (unpaired) electrons. The Hall–Kier alpha value is -0.380. The zero-order chi connectivity index (χ0) is 9.26. The second-order valence-corrected chi connectivity index (χ2v) is 4.77. The molecular formula is C10H10BrNS. The van der Waals surface area contributed by atoms with Gasteiger partial charge < -0.3 is 5.73 Å². The highest BCUT2D eigenvalue weighted by Gasteiger charge is 2.02. The van der Waals surface area contributed by atoms with Crippen LogP contribution in [0, 0.1) is 0 Å². The maximum atomic E-state index is 5.54. The Morgan fingerprint density at radius 1 is 1.38 bits per heavy atom. The molecule has 1 nitrogen and oxygen atoms in total. The average Bonchev–Trinajstić information content (AvgIpc) is 2.49. The maximum absolute atomic E-state index is 5.54. The lowest BCUT2D eigenvalue weighted by Crippen LogP contribution is -2.01. The van der Waals surface area contributed by atoms with E-state index in [0.717, 1.165) is 17.4 Å². The molecule has 0 bridgehead atoms. The van der Waals surface area contributed by atoms with Gasteiger partial charge in [-0.15, -0.1) is 11.3 Å². The molecule has 2 aromatic rings. The third kappa shape index (κ3) is 1.77. The first-order valence-corrected chi connectivity index (χ1v) is 5.84. The third-order valence-electron chi connectivity index (χ3n) is 2.03. The summed E-state index contributed by atoms with van der Waals surface area (Å²) >= 11 is 5.25. The molecule has 0 amide bonds. The molecule has 2 rings (SSSR count). The molecule has 0 aliphatic rings. The van der Waals surface area contributed by atoms with E-state index in [1.807, 2.05) is 0 Å². The molecule has 0 atom stereocenters. The topological polar surface area (TPSA) is 26.0 Å². The first-order valence-electron chi connectivity index (χ1n) is 4.17. The van der Waals surface area contributed by atoms with Crippen molar-refractivity contribution in [3.63, 3.8) is 0 Å². The first kappa shape index (κ1) is 9.19. The van der Waals surface area contributed by atoms with Crippen LogP contribution in [0.1, 0.15) is 5.56 Å². The fourth-order valence-corrected chi connectivity index (χ4v) is 2.95. The predicted octanol–water partition coefficient (Wildman–Crippen LogP) is 3.17. The van der Waals surface area contributed by atoms with Gasteiger partial charge in [-0.1, -0.05) is 22.0 Å². The van der Waals surface area contributed by atoms with Crippen molar-refractivity contribution in [2.45, 2.75) is 6.42 Å². The smallest absolute Gasteiger partial charge is 0.0356 e. The van der Waals surface area contributed by atoms with E-state index >= 15 is 0 Å². The molecular weight excluding hydrogens is 246 g/mol. The Kier molecular flexibility index (Phi) is 2.67. The van der Waals surface area contributed by atoms with E-state index in [4.69, 9.17) is 5.73 Å². The molecule has 0 saturated heterocycles. The summed E-state index contributed by atoms with van der Waals surface area (Å²) in [7, 11) is 0. The van der Waals surface area contributed by atoms with E-state index in [1.54, 1.807) is 11.3 Å². The van der Waals surface area contributed by atoms with E-state index in [-0.39, 0.29) is 0 Å². The number of halogens is 1. The zero-order valence-corrected chi connectivity index (χ0v) is 9.49. The average molecular weight is 256 g/mol. The quantitative estimate of drug-likeness (QED) is 0.877. The number of nitrogens with two attached hydrogens (primary N) is 1. The molecule has 0 aliphatic carbocycles. The highest BCUT2D eigenvalue weighted by atomic mass is 79.9. The summed E-state index contributed by atoms with van der Waals surface area (Å²) in [5.41, 5.74) is 6.91. The van der Waals surface area contributed by atoms with Gasteiger partial charge in [-0.2, -0.15) is 0 Å². The van der Waals surface area contributed by atoms with Gasteiger partial charge >= 0.3 is 0 Å². The molecule has 0 unspecified atom stereocenters. The van der Waals surface area contributed by atoms with Gasteiger partial charge in [0, 0.05) is 9.17 Å². The molecule has 1 heterocycles. The van der Waals surface area contributed by atoms with Crippen LogP contribution in [0.4, 0.5) is 0 Å². The minimum absolute atomic E-state index is 0.724. The predicted molar refractivity (Wildman–Crippen MR) is 62.3 cm³/mol. The third-order valence-corrected chi connectivity index (χ3v) is 3.52. The summed E-state index contributed by atoms with van der Waals surface area (Å²) in [5, 5.41) is 3.54. The van der Waals surface area contributed by atoms with Gasteiger partial charge in [-0.25, -0.2) is 0 Å². The molecule has 68 valence electrons. The van der Waals surface area contributed by atoms with Crippen molar-refractivity contribution in [3.8, 4) is 0 Å². The summed E-state index contributed by atoms with van der Waals surface area (Å²) in [4.78, 5) is 0. The summed E-state index contributed by atoms with van der Waals surface area (Å²) in [5.74, 6) is 0. The summed E-state index contributed by atoms with van der Waals surface area (Å²) in [6.45, 7) is 0.724. The molecule has 0 fully saturated rings. The number of fused-ring (bicyclic) bond motifs is 1. The summed E-state index contributed by atoms with van der Waals surface area (Å²) < 4.78 is 2.47. The minimum atomic E-state index is 0.724. The fourth-order valence-electron chi connectivity index (χ4n) is 1.41. The van der Waals surface area contributed by atoms with E-state index in [9.17, 15) is 0 Å².